The van der Waals surface area contributed by atoms with Crippen molar-refractivity contribution < 1.29 is 14.6 Å². The average molecular weight is 318 g/mol. The van der Waals surface area contributed by atoms with Crippen LogP contribution in [0.3, 0.4) is 0 Å². The Labute approximate surface area is 134 Å². The van der Waals surface area contributed by atoms with E-state index in [1.165, 1.54) is 6.07 Å². The van der Waals surface area contributed by atoms with Gasteiger partial charge in [0.25, 0.3) is 0 Å². The minimum Gasteiger partial charge on any atom is -0.493 e. The van der Waals surface area contributed by atoms with Crippen LogP contribution in [0.25, 0.3) is 0 Å². The summed E-state index contributed by atoms with van der Waals surface area (Å²) in [5, 5.41) is 9.56. The maximum Gasteiger partial charge on any atom is 0.335 e. The highest BCUT2D eigenvalue weighted by Crippen LogP contribution is 2.24. The molecule has 0 aliphatic rings. The van der Waals surface area contributed by atoms with Crippen LogP contribution < -0.4 is 4.74 Å². The third-order valence-corrected chi connectivity index (χ3v) is 3.29. The first-order valence-electron chi connectivity index (χ1n) is 6.81. The van der Waals surface area contributed by atoms with Gasteiger partial charge < -0.3 is 9.84 Å². The summed E-state index contributed by atoms with van der Waals surface area (Å²) in [5.41, 5.74) is 2.51. The number of benzene rings is 2. The molecule has 5 heteroatoms. The van der Waals surface area contributed by atoms with Gasteiger partial charge in [0.2, 0.25) is 0 Å². The summed E-state index contributed by atoms with van der Waals surface area (Å²) >= 11 is 6.00. The van der Waals surface area contributed by atoms with Crippen LogP contribution in [0, 0.1) is 6.92 Å². The van der Waals surface area contributed by atoms with E-state index in [1.54, 1.807) is 36.5 Å². The summed E-state index contributed by atoms with van der Waals surface area (Å²) in [4.78, 5) is 15.3. The molecule has 22 heavy (non-hydrogen) atoms. The second-order valence-corrected chi connectivity index (χ2v) is 5.12. The predicted octanol–water partition coefficient (Wildman–Crippen LogP) is 4.50. The number of ether oxygens (including phenoxy) is 1. The zero-order valence-corrected chi connectivity index (χ0v) is 13.1. The molecule has 0 spiro atoms. The molecule has 0 saturated carbocycles. The van der Waals surface area contributed by atoms with E-state index in [2.05, 4.69) is 4.99 Å². The molecular weight excluding hydrogens is 302 g/mol. The van der Waals surface area contributed by atoms with Crippen LogP contribution in [-0.4, -0.2) is 23.9 Å². The average Bonchev–Trinajstić information content (AvgIpc) is 2.48. The Morgan fingerprint density at radius 1 is 1.32 bits per heavy atom. The molecule has 0 atom stereocenters. The number of halogens is 1. The van der Waals surface area contributed by atoms with Gasteiger partial charge in [-0.25, -0.2) is 4.79 Å². The minimum atomic E-state index is -0.952. The maximum atomic E-state index is 10.9. The molecule has 4 nitrogen and oxygen atoms in total. The van der Waals surface area contributed by atoms with Gasteiger partial charge in [0, 0.05) is 16.8 Å². The number of hydrogen-bond acceptors (Lipinski definition) is 3. The largest absolute Gasteiger partial charge is 0.493 e. The number of carboxylic acids is 1. The van der Waals surface area contributed by atoms with Crippen molar-refractivity contribution in [3.05, 3.63) is 58.1 Å². The molecule has 0 aliphatic heterocycles. The lowest BCUT2D eigenvalue weighted by Gasteiger charge is -2.07. The standard InChI is InChI=1S/C17H16ClNO3/c1-3-22-16-7-5-14(18)9-13(16)10-19-15-6-4-12(17(20)21)8-11(15)2/h4-10H,3H2,1-2H3,(H,20,21). The van der Waals surface area contributed by atoms with Crippen LogP contribution in [0.4, 0.5) is 5.69 Å². The summed E-state index contributed by atoms with van der Waals surface area (Å²) in [5.74, 6) is -0.248. The Morgan fingerprint density at radius 2 is 2.09 bits per heavy atom. The quantitative estimate of drug-likeness (QED) is 0.826. The number of carbonyl (C=O) groups is 1. The van der Waals surface area contributed by atoms with Crippen molar-refractivity contribution in [1.82, 2.24) is 0 Å². The molecule has 0 aromatic heterocycles. The van der Waals surface area contributed by atoms with Crippen LogP contribution in [0.15, 0.2) is 41.4 Å². The number of aromatic carboxylic acids is 1. The fraction of sp³-hybridized carbons (Fsp3) is 0.176. The second-order valence-electron chi connectivity index (χ2n) is 4.68. The zero-order valence-electron chi connectivity index (χ0n) is 12.3. The molecule has 0 radical (unpaired) electrons. The monoisotopic (exact) mass is 317 g/mol. The number of aryl methyl sites for hydroxylation is 1. The van der Waals surface area contributed by atoms with Gasteiger partial charge in [-0.3, -0.25) is 4.99 Å². The molecule has 114 valence electrons. The maximum absolute atomic E-state index is 10.9. The first-order valence-corrected chi connectivity index (χ1v) is 7.19. The van der Waals surface area contributed by atoms with Crippen LogP contribution in [0.5, 0.6) is 5.75 Å². The lowest BCUT2D eigenvalue weighted by molar-refractivity contribution is 0.0697. The highest BCUT2D eigenvalue weighted by molar-refractivity contribution is 6.30. The minimum absolute atomic E-state index is 0.245. The molecular formula is C17H16ClNO3. The van der Waals surface area contributed by atoms with Crippen molar-refractivity contribution in [2.75, 3.05) is 6.61 Å². The summed E-state index contributed by atoms with van der Waals surface area (Å²) < 4.78 is 5.53. The van der Waals surface area contributed by atoms with Gasteiger partial charge in [0.15, 0.2) is 0 Å². The van der Waals surface area contributed by atoms with Crippen molar-refractivity contribution in [1.29, 1.82) is 0 Å². The summed E-state index contributed by atoms with van der Waals surface area (Å²) in [6.45, 7) is 4.28. The fourth-order valence-corrected chi connectivity index (χ4v) is 2.16. The lowest BCUT2D eigenvalue weighted by atomic mass is 10.1. The highest BCUT2D eigenvalue weighted by atomic mass is 35.5. The van der Waals surface area contributed by atoms with Gasteiger partial charge >= 0.3 is 5.97 Å². The second kappa shape index (κ2) is 7.09. The van der Waals surface area contributed by atoms with Crippen LogP contribution in [0.1, 0.15) is 28.4 Å². The molecule has 1 N–H and O–H groups in total. The highest BCUT2D eigenvalue weighted by Gasteiger charge is 2.06. The smallest absolute Gasteiger partial charge is 0.335 e. The SMILES string of the molecule is CCOc1ccc(Cl)cc1C=Nc1ccc(C(=O)O)cc1C. The Balaban J connectivity index is 2.32. The van der Waals surface area contributed by atoms with Crippen LogP contribution in [0.2, 0.25) is 5.02 Å². The molecule has 0 aliphatic carbocycles. The number of hydrogen-bond donors (Lipinski definition) is 1. The van der Waals surface area contributed by atoms with E-state index in [1.807, 2.05) is 13.8 Å². The number of nitrogens with zero attached hydrogens (tertiary/aromatic N) is 1. The third kappa shape index (κ3) is 3.86. The Bertz CT molecular complexity index is 726. The van der Waals surface area contributed by atoms with E-state index < -0.39 is 5.97 Å². The van der Waals surface area contributed by atoms with Gasteiger partial charge in [0.05, 0.1) is 17.9 Å². The van der Waals surface area contributed by atoms with E-state index in [-0.39, 0.29) is 5.56 Å². The number of carboxylic acid groups (broad SMARTS) is 1. The van der Waals surface area contributed by atoms with E-state index in [9.17, 15) is 4.79 Å². The first kappa shape index (κ1) is 16.0. The normalized spacial score (nSPS) is 10.9. The van der Waals surface area contributed by atoms with E-state index in [0.29, 0.717) is 23.1 Å². The summed E-state index contributed by atoms with van der Waals surface area (Å²) in [6, 6.07) is 10.1. The van der Waals surface area contributed by atoms with Gasteiger partial charge in [-0.15, -0.1) is 0 Å². The molecule has 2 rings (SSSR count). The molecule has 0 unspecified atom stereocenters. The van der Waals surface area contributed by atoms with E-state index in [4.69, 9.17) is 21.4 Å². The number of aliphatic imine (C=N–C) groups is 1. The van der Waals surface area contributed by atoms with Gasteiger partial charge in [-0.05, 0) is 55.8 Å². The van der Waals surface area contributed by atoms with E-state index >= 15 is 0 Å². The van der Waals surface area contributed by atoms with Crippen LogP contribution in [-0.2, 0) is 0 Å². The lowest BCUT2D eigenvalue weighted by Crippen LogP contribution is -1.97. The molecule has 0 fully saturated rings. The Kier molecular flexibility index (Phi) is 5.17. The molecule has 0 bridgehead atoms. The van der Waals surface area contributed by atoms with Crippen molar-refractivity contribution in [2.45, 2.75) is 13.8 Å². The Morgan fingerprint density at radius 3 is 2.73 bits per heavy atom. The summed E-state index contributed by atoms with van der Waals surface area (Å²) in [7, 11) is 0. The molecule has 2 aromatic carbocycles. The van der Waals surface area contributed by atoms with Crippen molar-refractivity contribution in [3.8, 4) is 5.75 Å². The predicted molar refractivity (Wildman–Crippen MR) is 88.0 cm³/mol. The van der Waals surface area contributed by atoms with Crippen LogP contribution >= 0.6 is 11.6 Å². The summed E-state index contributed by atoms with van der Waals surface area (Å²) in [6.07, 6.45) is 1.67. The first-order chi connectivity index (χ1) is 10.5. The Hall–Kier alpha value is -2.33. The molecule has 0 amide bonds. The number of rotatable bonds is 5. The van der Waals surface area contributed by atoms with Crippen molar-refractivity contribution in [2.24, 2.45) is 4.99 Å². The van der Waals surface area contributed by atoms with Gasteiger partial charge in [-0.1, -0.05) is 11.6 Å². The molecule has 0 saturated heterocycles. The zero-order chi connectivity index (χ0) is 16.1. The topological polar surface area (TPSA) is 58.9 Å². The van der Waals surface area contributed by atoms with Gasteiger partial charge in [-0.2, -0.15) is 0 Å². The molecule has 0 heterocycles. The third-order valence-electron chi connectivity index (χ3n) is 3.06. The van der Waals surface area contributed by atoms with Gasteiger partial charge in [0.1, 0.15) is 5.75 Å². The van der Waals surface area contributed by atoms with E-state index in [0.717, 1.165) is 11.1 Å². The van der Waals surface area contributed by atoms with Crippen molar-refractivity contribution >= 4 is 29.5 Å². The van der Waals surface area contributed by atoms with Crippen molar-refractivity contribution in [3.63, 3.8) is 0 Å². The molecule has 2 aromatic rings. The fourth-order valence-electron chi connectivity index (χ4n) is 1.98.